The van der Waals surface area contributed by atoms with Crippen molar-refractivity contribution in [3.8, 4) is 11.5 Å². The van der Waals surface area contributed by atoms with Crippen molar-refractivity contribution >= 4 is 38.6 Å². The maximum atomic E-state index is 12.7. The van der Waals surface area contributed by atoms with Crippen LogP contribution < -0.4 is 5.32 Å². The Balaban J connectivity index is 0.00000124. The van der Waals surface area contributed by atoms with E-state index in [9.17, 15) is 4.79 Å². The quantitative estimate of drug-likeness (QED) is 0.428. The van der Waals surface area contributed by atoms with Gasteiger partial charge in [-0.2, -0.15) is 0 Å². The predicted octanol–water partition coefficient (Wildman–Crippen LogP) is 5.51. The monoisotopic (exact) mass is 466 g/mol. The summed E-state index contributed by atoms with van der Waals surface area (Å²) in [4.78, 5) is 21.5. The van der Waals surface area contributed by atoms with Crippen LogP contribution in [0.1, 0.15) is 44.1 Å². The maximum Gasteiger partial charge on any atom is 0.256 e. The first-order chi connectivity index (χ1) is 14.5. The number of hydrogen-bond acceptors (Lipinski definition) is 5. The molecule has 30 heavy (non-hydrogen) atoms. The second-order valence-corrected chi connectivity index (χ2v) is 7.49. The molecule has 0 fully saturated rings. The summed E-state index contributed by atoms with van der Waals surface area (Å²) in [6, 6.07) is 13.0. The molecule has 3 heterocycles. The summed E-state index contributed by atoms with van der Waals surface area (Å²) < 4.78 is 2.83. The van der Waals surface area contributed by atoms with Gasteiger partial charge < -0.3 is 9.88 Å². The van der Waals surface area contributed by atoms with E-state index in [2.05, 4.69) is 41.4 Å². The fourth-order valence-electron chi connectivity index (χ4n) is 2.86. The fraction of sp³-hybridized carbons (Fsp3) is 0.227. The first-order valence-corrected chi connectivity index (χ1v) is 10.5. The van der Waals surface area contributed by atoms with Gasteiger partial charge in [-0.15, -0.1) is 10.2 Å². The predicted molar refractivity (Wildman–Crippen MR) is 122 cm³/mol. The number of nitrogens with zero attached hydrogens (tertiary/aromatic N) is 5. The SMILES string of the molecule is CC.CC(C)n1cnnc1-c1cccc(NC(=O)c2ccc3cc(Br)cnc3c2)n1. The van der Waals surface area contributed by atoms with Crippen LogP contribution in [0.3, 0.4) is 0 Å². The molecule has 4 aromatic rings. The Bertz CT molecular complexity index is 1170. The smallest absolute Gasteiger partial charge is 0.256 e. The Kier molecular flexibility index (Phi) is 6.89. The number of aromatic nitrogens is 5. The molecule has 7 nitrogen and oxygen atoms in total. The van der Waals surface area contributed by atoms with Gasteiger partial charge in [-0.25, -0.2) is 4.98 Å². The zero-order valence-electron chi connectivity index (χ0n) is 17.3. The van der Waals surface area contributed by atoms with Gasteiger partial charge >= 0.3 is 0 Å². The molecule has 0 atom stereocenters. The van der Waals surface area contributed by atoms with E-state index in [1.807, 2.05) is 56.5 Å². The molecule has 8 heteroatoms. The van der Waals surface area contributed by atoms with Gasteiger partial charge in [0.1, 0.15) is 17.8 Å². The van der Waals surface area contributed by atoms with E-state index in [0.717, 1.165) is 15.4 Å². The normalized spacial score (nSPS) is 10.6. The molecule has 1 aromatic carbocycles. The highest BCUT2D eigenvalue weighted by Gasteiger charge is 2.13. The standard InChI is InChI=1S/C20H17BrN6O.C2H6/c1-12(2)27-11-23-26-19(27)16-4-3-5-18(24-16)25-20(28)14-7-6-13-8-15(21)10-22-17(13)9-14;1-2/h3-12H,1-2H3,(H,24,25,28);1-2H3. The van der Waals surface area contributed by atoms with Crippen LogP contribution in [0, 0.1) is 0 Å². The summed E-state index contributed by atoms with van der Waals surface area (Å²) in [6.07, 6.45) is 3.38. The largest absolute Gasteiger partial charge is 0.310 e. The van der Waals surface area contributed by atoms with Gasteiger partial charge in [-0.05, 0) is 60.1 Å². The number of benzene rings is 1. The van der Waals surface area contributed by atoms with E-state index in [1.54, 1.807) is 30.7 Å². The third-order valence-corrected chi connectivity index (χ3v) is 4.70. The molecule has 0 aliphatic heterocycles. The number of fused-ring (bicyclic) bond motifs is 1. The molecule has 0 unspecified atom stereocenters. The number of carbonyl (C=O) groups excluding carboxylic acids is 1. The second-order valence-electron chi connectivity index (χ2n) is 6.58. The number of anilines is 1. The lowest BCUT2D eigenvalue weighted by molar-refractivity contribution is 0.102. The Labute approximate surface area is 183 Å². The number of halogens is 1. The molecular formula is C22H23BrN6O. The molecule has 0 aliphatic rings. The first kappa shape index (κ1) is 21.6. The molecular weight excluding hydrogens is 444 g/mol. The van der Waals surface area contributed by atoms with Crippen LogP contribution in [0.5, 0.6) is 0 Å². The first-order valence-electron chi connectivity index (χ1n) is 9.75. The fourth-order valence-corrected chi connectivity index (χ4v) is 3.21. The summed E-state index contributed by atoms with van der Waals surface area (Å²) in [6.45, 7) is 8.09. The van der Waals surface area contributed by atoms with Crippen LogP contribution >= 0.6 is 15.9 Å². The third kappa shape index (κ3) is 4.71. The van der Waals surface area contributed by atoms with E-state index in [-0.39, 0.29) is 11.9 Å². The number of carbonyl (C=O) groups is 1. The van der Waals surface area contributed by atoms with Gasteiger partial charge in [0.15, 0.2) is 5.82 Å². The average Bonchev–Trinajstić information content (AvgIpc) is 3.25. The van der Waals surface area contributed by atoms with Crippen LogP contribution in [0.4, 0.5) is 5.82 Å². The van der Waals surface area contributed by atoms with Crippen molar-refractivity contribution in [2.75, 3.05) is 5.32 Å². The topological polar surface area (TPSA) is 85.6 Å². The number of rotatable bonds is 4. The van der Waals surface area contributed by atoms with Gasteiger partial charge in [0, 0.05) is 27.7 Å². The molecule has 0 spiro atoms. The second kappa shape index (κ2) is 9.58. The molecule has 1 amide bonds. The zero-order chi connectivity index (χ0) is 21.7. The summed E-state index contributed by atoms with van der Waals surface area (Å²) in [7, 11) is 0. The number of amides is 1. The highest BCUT2D eigenvalue weighted by Crippen LogP contribution is 2.21. The van der Waals surface area contributed by atoms with Gasteiger partial charge in [0.2, 0.25) is 0 Å². The van der Waals surface area contributed by atoms with Gasteiger partial charge in [0.25, 0.3) is 5.91 Å². The summed E-state index contributed by atoms with van der Waals surface area (Å²) in [5, 5.41) is 11.9. The van der Waals surface area contributed by atoms with E-state index < -0.39 is 0 Å². The van der Waals surface area contributed by atoms with Crippen LogP contribution in [0.15, 0.2) is 59.5 Å². The molecule has 154 valence electrons. The van der Waals surface area contributed by atoms with Crippen LogP contribution in [0.25, 0.3) is 22.4 Å². The van der Waals surface area contributed by atoms with Crippen LogP contribution in [0.2, 0.25) is 0 Å². The summed E-state index contributed by atoms with van der Waals surface area (Å²) >= 11 is 3.40. The van der Waals surface area contributed by atoms with E-state index in [4.69, 9.17) is 0 Å². The van der Waals surface area contributed by atoms with Crippen molar-refractivity contribution in [2.45, 2.75) is 33.7 Å². The lowest BCUT2D eigenvalue weighted by Gasteiger charge is -2.11. The lowest BCUT2D eigenvalue weighted by atomic mass is 10.1. The van der Waals surface area contributed by atoms with Crippen molar-refractivity contribution in [1.82, 2.24) is 24.7 Å². The average molecular weight is 467 g/mol. The van der Waals surface area contributed by atoms with Crippen molar-refractivity contribution in [3.63, 3.8) is 0 Å². The minimum atomic E-state index is -0.249. The van der Waals surface area contributed by atoms with Crippen molar-refractivity contribution in [2.24, 2.45) is 0 Å². The van der Waals surface area contributed by atoms with Crippen LogP contribution in [-0.2, 0) is 0 Å². The third-order valence-electron chi connectivity index (χ3n) is 4.26. The molecule has 0 saturated heterocycles. The van der Waals surface area contributed by atoms with Gasteiger partial charge in [-0.3, -0.25) is 9.78 Å². The number of pyridine rings is 2. The Morgan fingerprint density at radius 1 is 1.13 bits per heavy atom. The van der Waals surface area contributed by atoms with E-state index in [1.165, 1.54) is 0 Å². The summed E-state index contributed by atoms with van der Waals surface area (Å²) in [5.41, 5.74) is 1.91. The van der Waals surface area contributed by atoms with Crippen LogP contribution in [-0.4, -0.2) is 30.6 Å². The molecule has 0 saturated carbocycles. The van der Waals surface area contributed by atoms with Crippen molar-refractivity contribution in [1.29, 1.82) is 0 Å². The number of hydrogen-bond donors (Lipinski definition) is 1. The minimum absolute atomic E-state index is 0.204. The molecule has 0 radical (unpaired) electrons. The Hall–Kier alpha value is -3.13. The van der Waals surface area contributed by atoms with E-state index >= 15 is 0 Å². The maximum absolute atomic E-state index is 12.7. The van der Waals surface area contributed by atoms with Crippen molar-refractivity contribution < 1.29 is 4.79 Å². The minimum Gasteiger partial charge on any atom is -0.310 e. The zero-order valence-corrected chi connectivity index (χ0v) is 18.9. The number of nitrogens with one attached hydrogen (secondary N) is 1. The highest BCUT2D eigenvalue weighted by molar-refractivity contribution is 9.10. The lowest BCUT2D eigenvalue weighted by Crippen LogP contribution is -2.13. The molecule has 4 rings (SSSR count). The molecule has 3 aromatic heterocycles. The molecule has 1 N–H and O–H groups in total. The summed E-state index contributed by atoms with van der Waals surface area (Å²) in [5.74, 6) is 0.859. The van der Waals surface area contributed by atoms with Gasteiger partial charge in [-0.1, -0.05) is 26.0 Å². The van der Waals surface area contributed by atoms with Gasteiger partial charge in [0.05, 0.1) is 5.52 Å². The Morgan fingerprint density at radius 2 is 1.93 bits per heavy atom. The molecule has 0 bridgehead atoms. The molecule has 0 aliphatic carbocycles. The van der Waals surface area contributed by atoms with Crippen molar-refractivity contribution in [3.05, 3.63) is 65.0 Å². The Morgan fingerprint density at radius 3 is 2.70 bits per heavy atom. The van der Waals surface area contributed by atoms with E-state index in [0.29, 0.717) is 22.9 Å². The highest BCUT2D eigenvalue weighted by atomic mass is 79.9.